The summed E-state index contributed by atoms with van der Waals surface area (Å²) in [5.41, 5.74) is 0.807. The van der Waals surface area contributed by atoms with Crippen LogP contribution in [0.3, 0.4) is 0 Å². The van der Waals surface area contributed by atoms with Gasteiger partial charge in [0.1, 0.15) is 0 Å². The van der Waals surface area contributed by atoms with E-state index in [-0.39, 0.29) is 5.91 Å². The van der Waals surface area contributed by atoms with E-state index in [1.54, 1.807) is 6.20 Å². The van der Waals surface area contributed by atoms with Crippen LogP contribution in [0.15, 0.2) is 24.4 Å². The summed E-state index contributed by atoms with van der Waals surface area (Å²) < 4.78 is 5.27. The van der Waals surface area contributed by atoms with Gasteiger partial charge in [-0.25, -0.2) is 0 Å². The van der Waals surface area contributed by atoms with E-state index in [4.69, 9.17) is 4.74 Å². The number of amides is 1. The van der Waals surface area contributed by atoms with E-state index in [0.717, 1.165) is 38.5 Å². The smallest absolute Gasteiger partial charge is 0.226 e. The lowest BCUT2D eigenvalue weighted by Crippen LogP contribution is -2.41. The maximum Gasteiger partial charge on any atom is 0.226 e. The fourth-order valence-electron chi connectivity index (χ4n) is 1.91. The first-order chi connectivity index (χ1) is 8.84. The highest BCUT2D eigenvalue weighted by Crippen LogP contribution is 1.96. The molecule has 2 rings (SSSR count). The van der Waals surface area contributed by atoms with Gasteiger partial charge >= 0.3 is 0 Å². The SMILES string of the molecule is O=C(Cc1ccccn1)NCCN1CCOCC1. The van der Waals surface area contributed by atoms with Gasteiger partial charge in [-0.05, 0) is 12.1 Å². The second-order valence-corrected chi connectivity index (χ2v) is 4.30. The van der Waals surface area contributed by atoms with Crippen molar-refractivity contribution in [2.45, 2.75) is 6.42 Å². The van der Waals surface area contributed by atoms with Crippen molar-refractivity contribution in [1.29, 1.82) is 0 Å². The summed E-state index contributed by atoms with van der Waals surface area (Å²) in [7, 11) is 0. The zero-order chi connectivity index (χ0) is 12.6. The Bertz CT molecular complexity index is 364. The standard InChI is InChI=1S/C13H19N3O2/c17-13(11-12-3-1-2-4-14-12)15-5-6-16-7-9-18-10-8-16/h1-4H,5-11H2,(H,15,17). The summed E-state index contributed by atoms with van der Waals surface area (Å²) >= 11 is 0. The Hall–Kier alpha value is -1.46. The first-order valence-electron chi connectivity index (χ1n) is 6.31. The van der Waals surface area contributed by atoms with Crippen molar-refractivity contribution in [2.75, 3.05) is 39.4 Å². The number of pyridine rings is 1. The average molecular weight is 249 g/mol. The Labute approximate surface area is 107 Å². The molecule has 1 fully saturated rings. The number of nitrogens with zero attached hydrogens (tertiary/aromatic N) is 2. The minimum absolute atomic E-state index is 0.0296. The van der Waals surface area contributed by atoms with Gasteiger partial charge in [0.05, 0.1) is 19.6 Å². The number of morpholine rings is 1. The molecular weight excluding hydrogens is 230 g/mol. The Kier molecular flexibility index (Phi) is 5.11. The molecule has 1 aromatic rings. The molecule has 1 saturated heterocycles. The number of carbonyl (C=O) groups excluding carboxylic acids is 1. The zero-order valence-electron chi connectivity index (χ0n) is 10.5. The minimum Gasteiger partial charge on any atom is -0.379 e. The molecule has 0 bridgehead atoms. The molecule has 5 nitrogen and oxygen atoms in total. The number of carbonyl (C=O) groups is 1. The van der Waals surface area contributed by atoms with Crippen LogP contribution >= 0.6 is 0 Å². The first kappa shape index (κ1) is 13.0. The molecule has 1 aromatic heterocycles. The number of nitrogens with one attached hydrogen (secondary N) is 1. The molecule has 2 heterocycles. The molecule has 0 radical (unpaired) electrons. The van der Waals surface area contributed by atoms with Crippen LogP contribution in [-0.2, 0) is 16.0 Å². The molecule has 1 aliphatic heterocycles. The van der Waals surface area contributed by atoms with Crippen LogP contribution < -0.4 is 5.32 Å². The lowest BCUT2D eigenvalue weighted by Gasteiger charge is -2.26. The van der Waals surface area contributed by atoms with Gasteiger partial charge in [-0.15, -0.1) is 0 Å². The third-order valence-electron chi connectivity index (χ3n) is 2.92. The fraction of sp³-hybridized carbons (Fsp3) is 0.538. The predicted molar refractivity (Wildman–Crippen MR) is 68.2 cm³/mol. The van der Waals surface area contributed by atoms with Crippen LogP contribution in [0, 0.1) is 0 Å². The Morgan fingerprint density at radius 3 is 2.94 bits per heavy atom. The van der Waals surface area contributed by atoms with Gasteiger partial charge in [-0.1, -0.05) is 6.07 Å². The third kappa shape index (κ3) is 4.43. The van der Waals surface area contributed by atoms with E-state index in [9.17, 15) is 4.79 Å². The Balaban J connectivity index is 1.62. The van der Waals surface area contributed by atoms with Crippen molar-refractivity contribution in [3.8, 4) is 0 Å². The van der Waals surface area contributed by atoms with E-state index in [1.165, 1.54) is 0 Å². The highest BCUT2D eigenvalue weighted by molar-refractivity contribution is 5.78. The summed E-state index contributed by atoms with van der Waals surface area (Å²) in [4.78, 5) is 18.1. The number of hydrogen-bond donors (Lipinski definition) is 1. The minimum atomic E-state index is 0.0296. The van der Waals surface area contributed by atoms with E-state index in [2.05, 4.69) is 15.2 Å². The quantitative estimate of drug-likeness (QED) is 0.802. The van der Waals surface area contributed by atoms with Crippen molar-refractivity contribution in [3.05, 3.63) is 30.1 Å². The van der Waals surface area contributed by atoms with Gasteiger partial charge in [0.25, 0.3) is 0 Å². The number of hydrogen-bond acceptors (Lipinski definition) is 4. The van der Waals surface area contributed by atoms with Crippen molar-refractivity contribution in [3.63, 3.8) is 0 Å². The molecule has 18 heavy (non-hydrogen) atoms. The van der Waals surface area contributed by atoms with Crippen molar-refractivity contribution >= 4 is 5.91 Å². The van der Waals surface area contributed by atoms with Crippen LogP contribution in [0.5, 0.6) is 0 Å². The second-order valence-electron chi connectivity index (χ2n) is 4.30. The number of aromatic nitrogens is 1. The van der Waals surface area contributed by atoms with Crippen LogP contribution in [0.4, 0.5) is 0 Å². The zero-order valence-corrected chi connectivity index (χ0v) is 10.5. The van der Waals surface area contributed by atoms with Gasteiger partial charge in [0.15, 0.2) is 0 Å². The first-order valence-corrected chi connectivity index (χ1v) is 6.31. The van der Waals surface area contributed by atoms with E-state index in [1.807, 2.05) is 18.2 Å². The van der Waals surface area contributed by atoms with Gasteiger partial charge in [-0.3, -0.25) is 14.7 Å². The molecular formula is C13H19N3O2. The van der Waals surface area contributed by atoms with Gasteiger partial charge in [-0.2, -0.15) is 0 Å². The highest BCUT2D eigenvalue weighted by Gasteiger charge is 2.10. The lowest BCUT2D eigenvalue weighted by atomic mass is 10.2. The molecule has 0 aromatic carbocycles. The molecule has 5 heteroatoms. The van der Waals surface area contributed by atoms with Gasteiger partial charge in [0.2, 0.25) is 5.91 Å². The fourth-order valence-corrected chi connectivity index (χ4v) is 1.91. The maximum absolute atomic E-state index is 11.7. The summed E-state index contributed by atoms with van der Waals surface area (Å²) in [5, 5.41) is 2.92. The molecule has 1 amide bonds. The molecule has 0 aliphatic carbocycles. The molecule has 0 saturated carbocycles. The van der Waals surface area contributed by atoms with Gasteiger partial charge < -0.3 is 10.1 Å². The summed E-state index contributed by atoms with van der Waals surface area (Å²) in [6.07, 6.45) is 2.06. The summed E-state index contributed by atoms with van der Waals surface area (Å²) in [5.74, 6) is 0.0296. The Morgan fingerprint density at radius 1 is 1.39 bits per heavy atom. The highest BCUT2D eigenvalue weighted by atomic mass is 16.5. The summed E-state index contributed by atoms with van der Waals surface area (Å²) in [6, 6.07) is 5.60. The van der Waals surface area contributed by atoms with Crippen LogP contribution in [-0.4, -0.2) is 55.2 Å². The molecule has 1 aliphatic rings. The third-order valence-corrected chi connectivity index (χ3v) is 2.92. The lowest BCUT2D eigenvalue weighted by molar-refractivity contribution is -0.120. The maximum atomic E-state index is 11.7. The van der Waals surface area contributed by atoms with Crippen LogP contribution in [0.2, 0.25) is 0 Å². The molecule has 0 unspecified atom stereocenters. The normalized spacial score (nSPS) is 16.4. The van der Waals surface area contributed by atoms with Crippen LogP contribution in [0.1, 0.15) is 5.69 Å². The molecule has 0 atom stereocenters. The molecule has 98 valence electrons. The largest absolute Gasteiger partial charge is 0.379 e. The predicted octanol–water partition coefficient (Wildman–Crippen LogP) is 0.0725. The van der Waals surface area contributed by atoms with Crippen molar-refractivity contribution < 1.29 is 9.53 Å². The monoisotopic (exact) mass is 249 g/mol. The van der Waals surface area contributed by atoms with E-state index >= 15 is 0 Å². The second kappa shape index (κ2) is 7.08. The van der Waals surface area contributed by atoms with Crippen LogP contribution in [0.25, 0.3) is 0 Å². The topological polar surface area (TPSA) is 54.5 Å². The number of ether oxygens (including phenoxy) is 1. The average Bonchev–Trinajstić information content (AvgIpc) is 2.41. The van der Waals surface area contributed by atoms with Gasteiger partial charge in [0, 0.05) is 38.1 Å². The van der Waals surface area contributed by atoms with Crippen molar-refractivity contribution in [2.24, 2.45) is 0 Å². The molecule has 0 spiro atoms. The number of rotatable bonds is 5. The Morgan fingerprint density at radius 2 is 2.22 bits per heavy atom. The van der Waals surface area contributed by atoms with E-state index in [0.29, 0.717) is 13.0 Å². The summed E-state index contributed by atoms with van der Waals surface area (Å²) in [6.45, 7) is 5.07. The molecule has 1 N–H and O–H groups in total. The van der Waals surface area contributed by atoms with Crippen molar-refractivity contribution in [1.82, 2.24) is 15.2 Å². The van der Waals surface area contributed by atoms with E-state index < -0.39 is 0 Å².